The zero-order chi connectivity index (χ0) is 19.6. The third-order valence-electron chi connectivity index (χ3n) is 4.64. The molecule has 0 bridgehead atoms. The lowest BCUT2D eigenvalue weighted by molar-refractivity contribution is -0.115. The number of nitrogens with one attached hydrogen (secondary N) is 3. The summed E-state index contributed by atoms with van der Waals surface area (Å²) in [6.07, 6.45) is 3.00. The van der Waals surface area contributed by atoms with E-state index < -0.39 is 0 Å². The van der Waals surface area contributed by atoms with E-state index >= 15 is 0 Å². The van der Waals surface area contributed by atoms with Crippen LogP contribution in [0.15, 0.2) is 54.6 Å². The van der Waals surface area contributed by atoms with Gasteiger partial charge in [-0.05, 0) is 49.6 Å². The molecule has 1 aliphatic heterocycles. The minimum atomic E-state index is -0.160. The normalized spacial score (nSPS) is 15.9. The molecule has 1 aliphatic rings. The first kappa shape index (κ1) is 20.0. The summed E-state index contributed by atoms with van der Waals surface area (Å²) in [7, 11) is 0. The van der Waals surface area contributed by atoms with Crippen LogP contribution in [-0.2, 0) is 16.0 Å². The minimum Gasteiger partial charge on any atom is -0.376 e. The topological polar surface area (TPSA) is 79.5 Å². The molecule has 2 aromatic carbocycles. The van der Waals surface area contributed by atoms with Crippen LogP contribution < -0.4 is 16.0 Å². The van der Waals surface area contributed by atoms with Crippen molar-refractivity contribution in [3.05, 3.63) is 65.7 Å². The molecule has 0 radical (unpaired) electrons. The average molecular weight is 381 g/mol. The van der Waals surface area contributed by atoms with Crippen molar-refractivity contribution in [2.24, 2.45) is 0 Å². The molecule has 3 N–H and O–H groups in total. The number of carbonyl (C=O) groups is 2. The van der Waals surface area contributed by atoms with Crippen LogP contribution in [0.5, 0.6) is 0 Å². The number of carbonyl (C=O) groups excluding carboxylic acids is 2. The Kier molecular flexibility index (Phi) is 7.58. The summed E-state index contributed by atoms with van der Waals surface area (Å²) in [5.41, 5.74) is 2.37. The number of hydrogen-bond donors (Lipinski definition) is 3. The van der Waals surface area contributed by atoms with Crippen molar-refractivity contribution in [1.82, 2.24) is 10.6 Å². The summed E-state index contributed by atoms with van der Waals surface area (Å²) < 4.78 is 5.51. The average Bonchev–Trinajstić information content (AvgIpc) is 3.24. The summed E-state index contributed by atoms with van der Waals surface area (Å²) in [4.78, 5) is 24.4. The highest BCUT2D eigenvalue weighted by Gasteiger charge is 2.16. The molecular weight excluding hydrogens is 354 g/mol. The molecule has 1 heterocycles. The molecule has 1 atom stereocenters. The monoisotopic (exact) mass is 381 g/mol. The minimum absolute atomic E-state index is 0.105. The Hall–Kier alpha value is -2.70. The van der Waals surface area contributed by atoms with Gasteiger partial charge in [-0.1, -0.05) is 36.4 Å². The Bertz CT molecular complexity index is 774. The Labute approximate surface area is 165 Å². The van der Waals surface area contributed by atoms with E-state index in [0.717, 1.165) is 32.4 Å². The van der Waals surface area contributed by atoms with Gasteiger partial charge >= 0.3 is 0 Å². The molecular formula is C22H27N3O3. The molecule has 28 heavy (non-hydrogen) atoms. The lowest BCUT2D eigenvalue weighted by Crippen LogP contribution is -2.32. The summed E-state index contributed by atoms with van der Waals surface area (Å²) in [5, 5.41) is 8.85. The predicted molar refractivity (Wildman–Crippen MR) is 109 cm³/mol. The number of hydrogen-bond acceptors (Lipinski definition) is 4. The fraction of sp³-hybridized carbons (Fsp3) is 0.364. The summed E-state index contributed by atoms with van der Waals surface area (Å²) >= 11 is 0. The molecule has 6 heteroatoms. The van der Waals surface area contributed by atoms with Crippen LogP contribution in [0, 0.1) is 0 Å². The molecule has 0 aliphatic carbocycles. The Morgan fingerprint density at radius 3 is 2.71 bits per heavy atom. The smallest absolute Gasteiger partial charge is 0.251 e. The van der Waals surface area contributed by atoms with Gasteiger partial charge in [0.1, 0.15) is 0 Å². The fourth-order valence-electron chi connectivity index (χ4n) is 3.14. The Morgan fingerprint density at radius 2 is 1.93 bits per heavy atom. The maximum Gasteiger partial charge on any atom is 0.251 e. The largest absolute Gasteiger partial charge is 0.376 e. The molecule has 0 aromatic heterocycles. The number of amides is 2. The highest BCUT2D eigenvalue weighted by molar-refractivity contribution is 5.97. The van der Waals surface area contributed by atoms with E-state index in [-0.39, 0.29) is 24.5 Å². The number of ether oxygens (including phenoxy) is 1. The van der Waals surface area contributed by atoms with E-state index in [0.29, 0.717) is 17.8 Å². The molecule has 2 amide bonds. The second kappa shape index (κ2) is 10.6. The first-order chi connectivity index (χ1) is 13.7. The second-order valence-corrected chi connectivity index (χ2v) is 6.89. The lowest BCUT2D eigenvalue weighted by atomic mass is 10.1. The van der Waals surface area contributed by atoms with Crippen LogP contribution in [0.25, 0.3) is 0 Å². The highest BCUT2D eigenvalue weighted by Crippen LogP contribution is 2.13. The zero-order valence-electron chi connectivity index (χ0n) is 15.9. The molecule has 0 saturated carbocycles. The third-order valence-corrected chi connectivity index (χ3v) is 4.64. The van der Waals surface area contributed by atoms with E-state index in [2.05, 4.69) is 28.1 Å². The van der Waals surface area contributed by atoms with Gasteiger partial charge in [-0.25, -0.2) is 0 Å². The van der Waals surface area contributed by atoms with Gasteiger partial charge in [0.2, 0.25) is 5.91 Å². The lowest BCUT2D eigenvalue weighted by Gasteiger charge is -2.12. The van der Waals surface area contributed by atoms with Crippen molar-refractivity contribution in [2.75, 3.05) is 31.6 Å². The van der Waals surface area contributed by atoms with Crippen LogP contribution in [0.4, 0.5) is 5.69 Å². The number of anilines is 1. The van der Waals surface area contributed by atoms with Gasteiger partial charge in [0.25, 0.3) is 5.91 Å². The molecule has 3 rings (SSSR count). The zero-order valence-corrected chi connectivity index (χ0v) is 15.9. The maximum atomic E-state index is 12.3. The molecule has 6 nitrogen and oxygen atoms in total. The van der Waals surface area contributed by atoms with Gasteiger partial charge < -0.3 is 20.7 Å². The third kappa shape index (κ3) is 6.48. The maximum absolute atomic E-state index is 12.3. The summed E-state index contributed by atoms with van der Waals surface area (Å²) in [5.74, 6) is -0.294. The van der Waals surface area contributed by atoms with Crippen molar-refractivity contribution in [3.63, 3.8) is 0 Å². The van der Waals surface area contributed by atoms with E-state index in [1.54, 1.807) is 24.3 Å². The quantitative estimate of drug-likeness (QED) is 0.583. The Morgan fingerprint density at radius 1 is 1.07 bits per heavy atom. The van der Waals surface area contributed by atoms with E-state index in [4.69, 9.17) is 4.74 Å². The SMILES string of the molecule is O=C(CNCCc1ccccc1)Nc1cccc(C(=O)NCC2CCCO2)c1. The van der Waals surface area contributed by atoms with Crippen molar-refractivity contribution >= 4 is 17.5 Å². The first-order valence-corrected chi connectivity index (χ1v) is 9.75. The van der Waals surface area contributed by atoms with Crippen molar-refractivity contribution in [1.29, 1.82) is 0 Å². The summed E-state index contributed by atoms with van der Waals surface area (Å²) in [6.45, 7) is 2.23. The van der Waals surface area contributed by atoms with Crippen LogP contribution >= 0.6 is 0 Å². The van der Waals surface area contributed by atoms with Gasteiger partial charge in [0.15, 0.2) is 0 Å². The number of rotatable bonds is 9. The van der Waals surface area contributed by atoms with Crippen molar-refractivity contribution in [2.45, 2.75) is 25.4 Å². The summed E-state index contributed by atoms with van der Waals surface area (Å²) in [6, 6.07) is 17.1. The standard InChI is InChI=1S/C22H27N3O3/c26-21(16-23-12-11-17-6-2-1-3-7-17)25-19-9-4-8-18(14-19)22(27)24-15-20-10-5-13-28-20/h1-4,6-9,14,20,23H,5,10-13,15-16H2,(H,24,27)(H,25,26). The highest BCUT2D eigenvalue weighted by atomic mass is 16.5. The molecule has 2 aromatic rings. The number of benzene rings is 2. The Balaban J connectivity index is 1.40. The van der Waals surface area contributed by atoms with Crippen molar-refractivity contribution < 1.29 is 14.3 Å². The molecule has 148 valence electrons. The first-order valence-electron chi connectivity index (χ1n) is 9.75. The van der Waals surface area contributed by atoms with Gasteiger partial charge in [0, 0.05) is 24.4 Å². The van der Waals surface area contributed by atoms with E-state index in [9.17, 15) is 9.59 Å². The molecule has 0 spiro atoms. The molecule has 1 fully saturated rings. The van der Waals surface area contributed by atoms with Crippen LogP contribution in [0.1, 0.15) is 28.8 Å². The molecule has 1 saturated heterocycles. The van der Waals surface area contributed by atoms with Gasteiger partial charge in [-0.2, -0.15) is 0 Å². The van der Waals surface area contributed by atoms with Crippen LogP contribution in [-0.4, -0.2) is 44.2 Å². The van der Waals surface area contributed by atoms with Gasteiger partial charge in [-0.15, -0.1) is 0 Å². The van der Waals surface area contributed by atoms with Gasteiger partial charge in [-0.3, -0.25) is 9.59 Å². The van der Waals surface area contributed by atoms with Crippen LogP contribution in [0.3, 0.4) is 0 Å². The molecule has 1 unspecified atom stereocenters. The van der Waals surface area contributed by atoms with E-state index in [1.165, 1.54) is 5.56 Å². The second-order valence-electron chi connectivity index (χ2n) is 6.89. The predicted octanol–water partition coefficient (Wildman–Crippen LogP) is 2.37. The van der Waals surface area contributed by atoms with E-state index in [1.807, 2.05) is 18.2 Å². The van der Waals surface area contributed by atoms with Crippen LogP contribution in [0.2, 0.25) is 0 Å². The van der Waals surface area contributed by atoms with Gasteiger partial charge in [0.05, 0.1) is 12.6 Å². The van der Waals surface area contributed by atoms with Crippen molar-refractivity contribution in [3.8, 4) is 0 Å². The fourth-order valence-corrected chi connectivity index (χ4v) is 3.14.